The number of hydrogen-bond acceptors (Lipinski definition) is 5. The topological polar surface area (TPSA) is 92.8 Å². The number of likely N-dealkylation sites (tertiary alicyclic amines) is 1. The summed E-state index contributed by atoms with van der Waals surface area (Å²) in [5, 5.41) is 10.9. The van der Waals surface area contributed by atoms with Crippen LogP contribution in [-0.4, -0.2) is 48.8 Å². The van der Waals surface area contributed by atoms with Crippen LogP contribution in [0, 0.1) is 6.92 Å². The Hall–Kier alpha value is -2.90. The first-order valence-corrected chi connectivity index (χ1v) is 7.88. The highest BCUT2D eigenvalue weighted by Gasteiger charge is 2.32. The summed E-state index contributed by atoms with van der Waals surface area (Å²) in [6.45, 7) is 3.04. The van der Waals surface area contributed by atoms with Crippen molar-refractivity contribution in [1.29, 1.82) is 0 Å². The molecular weight excluding hydrogens is 308 g/mol. The number of H-pyrrole nitrogens is 1. The Morgan fingerprint density at radius 1 is 1.46 bits per heavy atom. The van der Waals surface area contributed by atoms with Crippen LogP contribution in [0.2, 0.25) is 0 Å². The van der Waals surface area contributed by atoms with E-state index in [0.29, 0.717) is 30.5 Å². The minimum Gasteiger partial charge on any atom is -0.349 e. The number of nitrogens with zero attached hydrogens (tertiary/aromatic N) is 5. The van der Waals surface area contributed by atoms with E-state index in [-0.39, 0.29) is 11.8 Å². The molecule has 1 aliphatic rings. The van der Waals surface area contributed by atoms with Crippen molar-refractivity contribution >= 4 is 5.91 Å². The predicted octanol–water partition coefficient (Wildman–Crippen LogP) is 1.74. The lowest BCUT2D eigenvalue weighted by Gasteiger charge is -2.14. The van der Waals surface area contributed by atoms with E-state index in [2.05, 4.69) is 20.3 Å². The van der Waals surface area contributed by atoms with Gasteiger partial charge in [-0.25, -0.2) is 0 Å². The maximum atomic E-state index is 12.7. The van der Waals surface area contributed by atoms with Crippen LogP contribution in [0.3, 0.4) is 0 Å². The number of carbonyl (C=O) groups excluding carboxylic acids is 1. The number of aryl methyl sites for hydroxylation is 2. The van der Waals surface area contributed by atoms with Gasteiger partial charge in [0.25, 0.3) is 5.91 Å². The first-order valence-electron chi connectivity index (χ1n) is 7.88. The summed E-state index contributed by atoms with van der Waals surface area (Å²) in [5.41, 5.74) is 2.22. The van der Waals surface area contributed by atoms with Crippen molar-refractivity contribution in [3.63, 3.8) is 0 Å². The summed E-state index contributed by atoms with van der Waals surface area (Å²) in [7, 11) is 1.95. The van der Waals surface area contributed by atoms with Crippen molar-refractivity contribution < 1.29 is 9.32 Å². The van der Waals surface area contributed by atoms with E-state index in [1.54, 1.807) is 17.9 Å². The molecule has 124 valence electrons. The van der Waals surface area contributed by atoms with E-state index >= 15 is 0 Å². The van der Waals surface area contributed by atoms with Crippen LogP contribution in [0.5, 0.6) is 0 Å². The van der Waals surface area contributed by atoms with Crippen molar-refractivity contribution in [1.82, 2.24) is 29.8 Å². The summed E-state index contributed by atoms with van der Waals surface area (Å²) in [5.74, 6) is 1.28. The van der Waals surface area contributed by atoms with Gasteiger partial charge < -0.3 is 14.0 Å². The Morgan fingerprint density at radius 3 is 3.04 bits per heavy atom. The van der Waals surface area contributed by atoms with E-state index < -0.39 is 0 Å². The third-order valence-corrected chi connectivity index (χ3v) is 4.38. The second kappa shape index (κ2) is 5.63. The Kier molecular flexibility index (Phi) is 3.44. The molecule has 0 radical (unpaired) electrons. The second-order valence-electron chi connectivity index (χ2n) is 6.09. The molecule has 0 aliphatic carbocycles. The molecule has 1 N–H and O–H groups in total. The van der Waals surface area contributed by atoms with E-state index in [4.69, 9.17) is 4.52 Å². The molecule has 0 bridgehead atoms. The summed E-state index contributed by atoms with van der Waals surface area (Å²) < 4.78 is 7.19. The maximum absolute atomic E-state index is 12.7. The van der Waals surface area contributed by atoms with Gasteiger partial charge in [0, 0.05) is 26.3 Å². The minimum atomic E-state index is -0.0540. The van der Waals surface area contributed by atoms with E-state index in [1.807, 2.05) is 29.9 Å². The van der Waals surface area contributed by atoms with Crippen LogP contribution in [0.4, 0.5) is 0 Å². The van der Waals surface area contributed by atoms with E-state index in [0.717, 1.165) is 17.8 Å². The number of hydrogen-bond donors (Lipinski definition) is 1. The summed E-state index contributed by atoms with van der Waals surface area (Å²) in [4.78, 5) is 18.7. The zero-order valence-electron chi connectivity index (χ0n) is 13.6. The minimum absolute atomic E-state index is 0.0540. The number of amides is 1. The monoisotopic (exact) mass is 326 g/mol. The third kappa shape index (κ3) is 2.49. The molecule has 1 saturated heterocycles. The van der Waals surface area contributed by atoms with Crippen LogP contribution < -0.4 is 0 Å². The molecule has 4 rings (SSSR count). The molecule has 1 amide bonds. The molecule has 0 saturated carbocycles. The average Bonchev–Trinajstić information content (AvgIpc) is 3.33. The molecule has 8 nitrogen and oxygen atoms in total. The molecule has 24 heavy (non-hydrogen) atoms. The quantitative estimate of drug-likeness (QED) is 0.791. The Balaban J connectivity index is 1.49. The molecule has 3 aromatic rings. The predicted molar refractivity (Wildman–Crippen MR) is 85.3 cm³/mol. The number of aromatic nitrogens is 5. The smallest absolute Gasteiger partial charge is 0.271 e. The maximum Gasteiger partial charge on any atom is 0.271 e. The normalized spacial score (nSPS) is 17.6. The van der Waals surface area contributed by atoms with Gasteiger partial charge in [-0.3, -0.25) is 9.89 Å². The molecule has 0 spiro atoms. The van der Waals surface area contributed by atoms with Crippen molar-refractivity contribution in [2.75, 3.05) is 13.1 Å². The van der Waals surface area contributed by atoms with Crippen LogP contribution >= 0.6 is 0 Å². The summed E-state index contributed by atoms with van der Waals surface area (Å²) >= 11 is 0. The highest BCUT2D eigenvalue weighted by Crippen LogP contribution is 2.27. The Bertz CT molecular complexity index is 877. The van der Waals surface area contributed by atoms with Crippen molar-refractivity contribution in [2.24, 2.45) is 7.05 Å². The van der Waals surface area contributed by atoms with Crippen molar-refractivity contribution in [2.45, 2.75) is 19.3 Å². The first kappa shape index (κ1) is 14.7. The van der Waals surface area contributed by atoms with E-state index in [9.17, 15) is 4.79 Å². The fraction of sp³-hybridized carbons (Fsp3) is 0.375. The molecule has 4 heterocycles. The molecule has 8 heteroatoms. The SMILES string of the molecule is Cc1noc(C2CCN(C(=O)c3cc(-c4cccn4C)n[nH]3)C2)n1. The molecule has 1 fully saturated rings. The van der Waals surface area contributed by atoms with Crippen LogP contribution in [0.1, 0.15) is 34.5 Å². The average molecular weight is 326 g/mol. The van der Waals surface area contributed by atoms with Gasteiger partial charge >= 0.3 is 0 Å². The molecule has 1 atom stereocenters. The Labute approximate surface area is 138 Å². The highest BCUT2D eigenvalue weighted by atomic mass is 16.5. The zero-order valence-corrected chi connectivity index (χ0v) is 13.6. The number of nitrogens with one attached hydrogen (secondary N) is 1. The summed E-state index contributed by atoms with van der Waals surface area (Å²) in [6.07, 6.45) is 2.77. The number of carbonyl (C=O) groups is 1. The van der Waals surface area contributed by atoms with Gasteiger partial charge in [0.1, 0.15) is 11.4 Å². The third-order valence-electron chi connectivity index (χ3n) is 4.38. The van der Waals surface area contributed by atoms with Gasteiger partial charge in [-0.05, 0) is 31.5 Å². The van der Waals surface area contributed by atoms with E-state index in [1.165, 1.54) is 0 Å². The van der Waals surface area contributed by atoms with Gasteiger partial charge in [0.2, 0.25) is 5.89 Å². The van der Waals surface area contributed by atoms with Crippen LogP contribution in [0.15, 0.2) is 28.9 Å². The molecule has 1 unspecified atom stereocenters. The lowest BCUT2D eigenvalue weighted by molar-refractivity contribution is 0.0783. The van der Waals surface area contributed by atoms with Crippen molar-refractivity contribution in [3.05, 3.63) is 41.8 Å². The second-order valence-corrected chi connectivity index (χ2v) is 6.09. The van der Waals surface area contributed by atoms with Gasteiger partial charge in [-0.2, -0.15) is 10.1 Å². The van der Waals surface area contributed by atoms with Gasteiger partial charge in [0.05, 0.1) is 11.6 Å². The molecule has 1 aliphatic heterocycles. The van der Waals surface area contributed by atoms with Gasteiger partial charge in [-0.15, -0.1) is 0 Å². The van der Waals surface area contributed by atoms with Gasteiger partial charge in [-0.1, -0.05) is 5.16 Å². The zero-order chi connectivity index (χ0) is 16.7. The first-order chi connectivity index (χ1) is 11.6. The standard InChI is InChI=1S/C16H18N6O2/c1-10-17-15(24-20-10)11-5-7-22(9-11)16(23)13-8-12(18-19-13)14-4-3-6-21(14)2/h3-4,6,8,11H,5,7,9H2,1-2H3,(H,18,19). The number of aromatic amines is 1. The van der Waals surface area contributed by atoms with Crippen molar-refractivity contribution in [3.8, 4) is 11.4 Å². The lowest BCUT2D eigenvalue weighted by atomic mass is 10.1. The van der Waals surface area contributed by atoms with Crippen LogP contribution in [0.25, 0.3) is 11.4 Å². The van der Waals surface area contributed by atoms with Crippen LogP contribution in [-0.2, 0) is 7.05 Å². The fourth-order valence-electron chi connectivity index (χ4n) is 3.09. The molecular formula is C16H18N6O2. The largest absolute Gasteiger partial charge is 0.349 e. The van der Waals surface area contributed by atoms with Gasteiger partial charge in [0.15, 0.2) is 5.82 Å². The molecule has 3 aromatic heterocycles. The summed E-state index contributed by atoms with van der Waals surface area (Å²) in [6, 6.07) is 5.71. The highest BCUT2D eigenvalue weighted by molar-refractivity contribution is 5.93. The lowest BCUT2D eigenvalue weighted by Crippen LogP contribution is -2.28. The molecule has 0 aromatic carbocycles. The fourth-order valence-corrected chi connectivity index (χ4v) is 3.09. The number of rotatable bonds is 3. The Morgan fingerprint density at radius 2 is 2.33 bits per heavy atom.